The third-order valence-electron chi connectivity index (χ3n) is 3.35. The van der Waals surface area contributed by atoms with Crippen LogP contribution in [0.25, 0.3) is 0 Å². The molecular weight excluding hydrogens is 336 g/mol. The van der Waals surface area contributed by atoms with Gasteiger partial charge in [0.15, 0.2) is 0 Å². The van der Waals surface area contributed by atoms with Crippen molar-refractivity contribution in [2.45, 2.75) is 24.1 Å². The van der Waals surface area contributed by atoms with Gasteiger partial charge in [-0.05, 0) is 35.7 Å². The van der Waals surface area contributed by atoms with Crippen LogP contribution in [0.2, 0.25) is 0 Å². The number of hydrogen-bond acceptors (Lipinski definition) is 4. The van der Waals surface area contributed by atoms with Gasteiger partial charge in [0.25, 0.3) is 0 Å². The van der Waals surface area contributed by atoms with Crippen LogP contribution >= 0.6 is 0 Å². The summed E-state index contributed by atoms with van der Waals surface area (Å²) < 4.78 is 49.1. The van der Waals surface area contributed by atoms with Gasteiger partial charge in [-0.15, -0.1) is 0 Å². The highest BCUT2D eigenvalue weighted by Gasteiger charge is 2.13. The summed E-state index contributed by atoms with van der Waals surface area (Å²) in [5.41, 5.74) is 2.30. The summed E-state index contributed by atoms with van der Waals surface area (Å²) in [6, 6.07) is 13.0. The van der Waals surface area contributed by atoms with E-state index in [1.54, 1.807) is 12.1 Å². The van der Waals surface area contributed by atoms with Crippen molar-refractivity contribution < 1.29 is 16.8 Å². The zero-order valence-electron chi connectivity index (χ0n) is 12.6. The monoisotopic (exact) mass is 354 g/mol. The maximum Gasteiger partial charge on any atom is 0.238 e. The van der Waals surface area contributed by atoms with Crippen LogP contribution in [0.5, 0.6) is 0 Å². The van der Waals surface area contributed by atoms with Crippen molar-refractivity contribution >= 4 is 20.0 Å². The summed E-state index contributed by atoms with van der Waals surface area (Å²) in [4.78, 5) is -0.0102. The Morgan fingerprint density at radius 1 is 0.957 bits per heavy atom. The fourth-order valence-corrected chi connectivity index (χ4v) is 3.76. The third-order valence-corrected chi connectivity index (χ3v) is 5.56. The van der Waals surface area contributed by atoms with E-state index in [1.165, 1.54) is 24.3 Å². The number of hydrogen-bond donors (Lipinski definition) is 2. The quantitative estimate of drug-likeness (QED) is 0.814. The smallest absolute Gasteiger partial charge is 0.225 e. The van der Waals surface area contributed by atoms with E-state index >= 15 is 0 Å². The van der Waals surface area contributed by atoms with E-state index in [4.69, 9.17) is 5.14 Å². The number of primary sulfonamides is 1. The summed E-state index contributed by atoms with van der Waals surface area (Å²) in [5.74, 6) is -0.102. The molecule has 0 atom stereocenters. The van der Waals surface area contributed by atoms with Crippen LogP contribution in [0.4, 0.5) is 0 Å². The van der Waals surface area contributed by atoms with Gasteiger partial charge in [0.05, 0.1) is 10.6 Å². The van der Waals surface area contributed by atoms with Crippen LogP contribution in [0.15, 0.2) is 53.4 Å². The summed E-state index contributed by atoms with van der Waals surface area (Å²) in [7, 11) is -7.23. The molecule has 0 aliphatic heterocycles. The second kappa shape index (κ2) is 6.79. The second-order valence-corrected chi connectivity index (χ2v) is 8.56. The van der Waals surface area contributed by atoms with Crippen molar-refractivity contribution in [1.82, 2.24) is 4.72 Å². The van der Waals surface area contributed by atoms with Crippen molar-refractivity contribution in [2.75, 3.05) is 0 Å². The van der Waals surface area contributed by atoms with E-state index in [2.05, 4.69) is 4.72 Å². The fourth-order valence-electron chi connectivity index (χ4n) is 2.02. The molecule has 0 aromatic heterocycles. The summed E-state index contributed by atoms with van der Waals surface area (Å²) in [6.45, 7) is 1.94. The molecule has 6 nitrogen and oxygen atoms in total. The first-order valence-electron chi connectivity index (χ1n) is 6.81. The zero-order chi connectivity index (χ0) is 17.1. The molecule has 0 spiro atoms. The minimum absolute atomic E-state index is 0.0102. The lowest BCUT2D eigenvalue weighted by molar-refractivity contribution is 0.580. The van der Waals surface area contributed by atoms with Gasteiger partial charge in [-0.25, -0.2) is 26.7 Å². The van der Waals surface area contributed by atoms with Crippen LogP contribution in [0, 0.1) is 6.92 Å². The van der Waals surface area contributed by atoms with Crippen molar-refractivity contribution in [2.24, 2.45) is 5.14 Å². The van der Waals surface area contributed by atoms with E-state index in [9.17, 15) is 16.8 Å². The van der Waals surface area contributed by atoms with Crippen molar-refractivity contribution in [3.63, 3.8) is 0 Å². The molecule has 0 radical (unpaired) electrons. The Balaban J connectivity index is 2.03. The first-order valence-corrected chi connectivity index (χ1v) is 10.0. The Morgan fingerprint density at radius 3 is 2.13 bits per heavy atom. The Hall–Kier alpha value is -1.74. The molecule has 0 saturated heterocycles. The van der Waals surface area contributed by atoms with Crippen molar-refractivity contribution in [3.05, 3.63) is 65.2 Å². The molecule has 8 heteroatoms. The van der Waals surface area contributed by atoms with E-state index in [0.29, 0.717) is 5.56 Å². The molecule has 0 fully saturated rings. The lowest BCUT2D eigenvalue weighted by Crippen LogP contribution is -2.25. The average molecular weight is 354 g/mol. The normalized spacial score (nSPS) is 12.3. The Kier molecular flexibility index (Phi) is 5.20. The Labute approximate surface area is 136 Å². The highest BCUT2D eigenvalue weighted by atomic mass is 32.2. The molecule has 0 saturated carbocycles. The number of aryl methyl sites for hydroxylation is 1. The Morgan fingerprint density at radius 2 is 1.57 bits per heavy atom. The fraction of sp³-hybridized carbons (Fsp3) is 0.200. The molecule has 124 valence electrons. The van der Waals surface area contributed by atoms with Gasteiger partial charge in [-0.2, -0.15) is 0 Å². The maximum atomic E-state index is 12.1. The van der Waals surface area contributed by atoms with Gasteiger partial charge in [0.1, 0.15) is 0 Å². The highest BCUT2D eigenvalue weighted by molar-refractivity contribution is 7.89. The predicted molar refractivity (Wildman–Crippen MR) is 88.5 cm³/mol. The number of sulfonamides is 2. The molecule has 0 bridgehead atoms. The van der Waals surface area contributed by atoms with Crippen LogP contribution in [-0.2, 0) is 32.3 Å². The molecule has 0 aliphatic carbocycles. The molecule has 0 unspecified atom stereocenters. The minimum atomic E-state index is -3.75. The minimum Gasteiger partial charge on any atom is -0.225 e. The van der Waals surface area contributed by atoms with Gasteiger partial charge >= 0.3 is 0 Å². The van der Waals surface area contributed by atoms with E-state index in [0.717, 1.165) is 11.1 Å². The average Bonchev–Trinajstić information content (AvgIpc) is 2.47. The highest BCUT2D eigenvalue weighted by Crippen LogP contribution is 2.12. The first kappa shape index (κ1) is 17.6. The maximum absolute atomic E-state index is 12.1. The van der Waals surface area contributed by atoms with Gasteiger partial charge < -0.3 is 0 Å². The number of nitrogens with one attached hydrogen (secondary N) is 1. The molecule has 0 aliphatic rings. The van der Waals surface area contributed by atoms with Gasteiger partial charge in [-0.3, -0.25) is 0 Å². The number of benzene rings is 2. The molecule has 0 amide bonds. The molecule has 2 rings (SSSR count). The molecule has 23 heavy (non-hydrogen) atoms. The second-order valence-electron chi connectivity index (χ2n) is 5.20. The third kappa shape index (κ3) is 5.14. The molecular formula is C15H18N2O4S2. The Bertz CT molecular complexity index is 889. The van der Waals surface area contributed by atoms with Crippen molar-refractivity contribution in [3.8, 4) is 0 Å². The van der Waals surface area contributed by atoms with Crippen LogP contribution in [-0.4, -0.2) is 16.8 Å². The summed E-state index contributed by atoms with van der Waals surface area (Å²) >= 11 is 0. The topological polar surface area (TPSA) is 106 Å². The van der Waals surface area contributed by atoms with Crippen molar-refractivity contribution in [1.29, 1.82) is 0 Å². The van der Waals surface area contributed by atoms with Crippen LogP contribution in [0.3, 0.4) is 0 Å². The van der Waals surface area contributed by atoms with Crippen LogP contribution in [0.1, 0.15) is 16.7 Å². The summed E-state index contributed by atoms with van der Waals surface area (Å²) in [6.07, 6.45) is 0. The van der Waals surface area contributed by atoms with Gasteiger partial charge in [0, 0.05) is 6.54 Å². The molecule has 2 aromatic rings. The van der Waals surface area contributed by atoms with E-state index in [1.807, 2.05) is 19.1 Å². The largest absolute Gasteiger partial charge is 0.238 e. The van der Waals surface area contributed by atoms with E-state index in [-0.39, 0.29) is 17.2 Å². The lowest BCUT2D eigenvalue weighted by atomic mass is 10.1. The first-order chi connectivity index (χ1) is 10.7. The SMILES string of the molecule is Cc1ccccc1CS(=O)(=O)NCc1ccc(S(N)(=O)=O)cc1. The lowest BCUT2D eigenvalue weighted by Gasteiger charge is -2.09. The predicted octanol–water partition coefficient (Wildman–Crippen LogP) is 1.26. The molecule has 0 heterocycles. The number of nitrogens with two attached hydrogens (primary N) is 1. The standard InChI is InChI=1S/C15H18N2O4S2/c1-12-4-2-3-5-14(12)11-22(18,19)17-10-13-6-8-15(9-7-13)23(16,20)21/h2-9,17H,10-11H2,1H3,(H2,16,20,21). The summed E-state index contributed by atoms with van der Waals surface area (Å²) in [5, 5.41) is 5.01. The van der Waals surface area contributed by atoms with E-state index < -0.39 is 20.0 Å². The van der Waals surface area contributed by atoms with Gasteiger partial charge in [-0.1, -0.05) is 36.4 Å². The number of rotatable bonds is 6. The zero-order valence-corrected chi connectivity index (χ0v) is 14.2. The van der Waals surface area contributed by atoms with Crippen LogP contribution < -0.4 is 9.86 Å². The molecule has 2 aromatic carbocycles. The van der Waals surface area contributed by atoms with Gasteiger partial charge in [0.2, 0.25) is 20.0 Å². The molecule has 3 N–H and O–H groups in total.